The van der Waals surface area contributed by atoms with E-state index in [0.29, 0.717) is 11.1 Å². The van der Waals surface area contributed by atoms with Crippen LogP contribution in [0.1, 0.15) is 35.6 Å². The van der Waals surface area contributed by atoms with Crippen molar-refractivity contribution in [2.45, 2.75) is 45.6 Å². The normalized spacial score (nSPS) is 15.0. The van der Waals surface area contributed by atoms with Crippen molar-refractivity contribution in [2.75, 3.05) is 18.0 Å². The van der Waals surface area contributed by atoms with Crippen LogP contribution in [0.15, 0.2) is 71.5 Å². The summed E-state index contributed by atoms with van der Waals surface area (Å²) in [6, 6.07) is 19.7. The molecule has 0 bridgehead atoms. The third-order valence-corrected chi connectivity index (χ3v) is 6.98. The van der Waals surface area contributed by atoms with Gasteiger partial charge < -0.3 is 9.64 Å². The van der Waals surface area contributed by atoms with Gasteiger partial charge in [0.25, 0.3) is 0 Å². The van der Waals surface area contributed by atoms with E-state index in [0.717, 1.165) is 31.4 Å². The van der Waals surface area contributed by atoms with Gasteiger partial charge in [-0.15, -0.1) is 13.2 Å². The number of alkyl halides is 3. The van der Waals surface area contributed by atoms with Crippen molar-refractivity contribution in [3.05, 3.63) is 93.9 Å². The molecule has 0 saturated carbocycles. The number of halogens is 3. The summed E-state index contributed by atoms with van der Waals surface area (Å²) in [6.45, 7) is 5.87. The number of anilines is 1. The highest BCUT2D eigenvalue weighted by Gasteiger charge is 2.32. The van der Waals surface area contributed by atoms with Gasteiger partial charge in [-0.2, -0.15) is 0 Å². The van der Waals surface area contributed by atoms with Crippen LogP contribution in [-0.4, -0.2) is 28.6 Å². The van der Waals surface area contributed by atoms with E-state index in [1.807, 2.05) is 28.8 Å². The third kappa shape index (κ3) is 4.59. The lowest BCUT2D eigenvalue weighted by atomic mass is 10.0. The molecule has 5 rings (SSSR count). The van der Waals surface area contributed by atoms with Gasteiger partial charge >= 0.3 is 12.1 Å². The quantitative estimate of drug-likeness (QED) is 0.331. The van der Waals surface area contributed by atoms with Crippen molar-refractivity contribution in [3.8, 4) is 5.75 Å². The Kier molecular flexibility index (Phi) is 6.28. The van der Waals surface area contributed by atoms with Gasteiger partial charge in [0.15, 0.2) is 0 Å². The molecule has 1 fully saturated rings. The zero-order chi connectivity index (χ0) is 25.4. The van der Waals surface area contributed by atoms with Crippen LogP contribution >= 0.6 is 0 Å². The number of hydrogen-bond donors (Lipinski definition) is 0. The lowest BCUT2D eigenvalue weighted by Gasteiger charge is -2.35. The average molecular weight is 496 g/mol. The van der Waals surface area contributed by atoms with E-state index in [4.69, 9.17) is 0 Å². The standard InChI is InChI=1S/C28H28F3N3O2/c1-19-8-7-9-20(2)26(19)32-16-14-22(15-17-32)34-24-12-5-4-11-23(24)33(27(34)35)18-21-10-3-6-13-25(21)36-28(29,30)31/h3-13,22H,14-18H2,1-2H3. The highest BCUT2D eigenvalue weighted by atomic mass is 19.4. The summed E-state index contributed by atoms with van der Waals surface area (Å²) >= 11 is 0. The second-order valence-electron chi connectivity index (χ2n) is 9.34. The van der Waals surface area contributed by atoms with E-state index < -0.39 is 6.36 Å². The summed E-state index contributed by atoms with van der Waals surface area (Å²) in [4.78, 5) is 16.1. The summed E-state index contributed by atoms with van der Waals surface area (Å²) < 4.78 is 46.4. The Morgan fingerprint density at radius 3 is 2.14 bits per heavy atom. The molecule has 0 aliphatic carbocycles. The fraction of sp³-hybridized carbons (Fsp3) is 0.321. The first-order valence-corrected chi connectivity index (χ1v) is 12.1. The average Bonchev–Trinajstić information content (AvgIpc) is 3.11. The van der Waals surface area contributed by atoms with Crippen LogP contribution in [0.25, 0.3) is 11.0 Å². The molecule has 0 radical (unpaired) electrons. The summed E-state index contributed by atoms with van der Waals surface area (Å²) in [7, 11) is 0. The van der Waals surface area contributed by atoms with E-state index in [2.05, 4.69) is 41.7 Å². The molecule has 0 amide bonds. The maximum absolute atomic E-state index is 13.7. The Hall–Kier alpha value is -3.68. The summed E-state index contributed by atoms with van der Waals surface area (Å²) in [5.41, 5.74) is 5.30. The van der Waals surface area contributed by atoms with Gasteiger partial charge in [0, 0.05) is 30.4 Å². The molecule has 1 aliphatic heterocycles. The number of nitrogens with zero attached hydrogens (tertiary/aromatic N) is 3. The van der Waals surface area contributed by atoms with E-state index in [9.17, 15) is 18.0 Å². The minimum absolute atomic E-state index is 0.00546. The Bertz CT molecular complexity index is 1430. The van der Waals surface area contributed by atoms with Crippen LogP contribution in [0, 0.1) is 13.8 Å². The Morgan fingerprint density at radius 2 is 1.47 bits per heavy atom. The van der Waals surface area contributed by atoms with Crippen molar-refractivity contribution in [2.24, 2.45) is 0 Å². The molecule has 188 valence electrons. The molecular weight excluding hydrogens is 467 g/mol. The predicted octanol–water partition coefficient (Wildman–Crippen LogP) is 6.21. The lowest BCUT2D eigenvalue weighted by molar-refractivity contribution is -0.274. The monoisotopic (exact) mass is 495 g/mol. The number of hydrogen-bond acceptors (Lipinski definition) is 3. The van der Waals surface area contributed by atoms with Crippen LogP contribution in [0.2, 0.25) is 0 Å². The Labute approximate surface area is 207 Å². The first-order chi connectivity index (χ1) is 17.2. The second-order valence-corrected chi connectivity index (χ2v) is 9.34. The van der Waals surface area contributed by atoms with Crippen molar-refractivity contribution in [1.82, 2.24) is 9.13 Å². The zero-order valence-corrected chi connectivity index (χ0v) is 20.3. The molecule has 1 aliphatic rings. The SMILES string of the molecule is Cc1cccc(C)c1N1CCC(n2c(=O)n(Cc3ccccc3OC(F)(F)F)c3ccccc32)CC1. The zero-order valence-electron chi connectivity index (χ0n) is 20.3. The maximum atomic E-state index is 13.7. The molecule has 0 unspecified atom stereocenters. The van der Waals surface area contributed by atoms with Gasteiger partial charge in [0.2, 0.25) is 0 Å². The fourth-order valence-corrected chi connectivity index (χ4v) is 5.42. The first kappa shape index (κ1) is 24.0. The van der Waals surface area contributed by atoms with Crippen molar-refractivity contribution < 1.29 is 17.9 Å². The summed E-state index contributed by atoms with van der Waals surface area (Å²) in [5.74, 6) is -0.296. The highest BCUT2D eigenvalue weighted by molar-refractivity contribution is 5.76. The number of imidazole rings is 1. The first-order valence-electron chi connectivity index (χ1n) is 12.1. The Morgan fingerprint density at radius 1 is 0.861 bits per heavy atom. The summed E-state index contributed by atoms with van der Waals surface area (Å²) in [6.07, 6.45) is -3.20. The maximum Gasteiger partial charge on any atom is 0.573 e. The van der Waals surface area contributed by atoms with Crippen molar-refractivity contribution >= 4 is 16.7 Å². The van der Waals surface area contributed by atoms with Gasteiger partial charge in [-0.3, -0.25) is 9.13 Å². The van der Waals surface area contributed by atoms with Crippen LogP contribution in [-0.2, 0) is 6.54 Å². The van der Waals surface area contributed by atoms with Gasteiger partial charge in [-0.1, -0.05) is 48.5 Å². The molecule has 36 heavy (non-hydrogen) atoms. The number of aromatic nitrogens is 2. The van der Waals surface area contributed by atoms with Crippen molar-refractivity contribution in [3.63, 3.8) is 0 Å². The van der Waals surface area contributed by atoms with Crippen LogP contribution in [0.4, 0.5) is 18.9 Å². The molecular formula is C28H28F3N3O2. The molecule has 0 spiro atoms. The number of piperidine rings is 1. The number of rotatable bonds is 5. The van der Waals surface area contributed by atoms with Crippen LogP contribution in [0.3, 0.4) is 0 Å². The van der Waals surface area contributed by atoms with Gasteiger partial charge in [0.05, 0.1) is 17.6 Å². The minimum atomic E-state index is -4.81. The molecule has 2 heterocycles. The predicted molar refractivity (Wildman–Crippen MR) is 135 cm³/mol. The second kappa shape index (κ2) is 9.41. The van der Waals surface area contributed by atoms with Crippen LogP contribution < -0.4 is 15.3 Å². The topological polar surface area (TPSA) is 39.4 Å². The van der Waals surface area contributed by atoms with Gasteiger partial charge in [-0.25, -0.2) is 4.79 Å². The number of aryl methyl sites for hydroxylation is 2. The number of para-hydroxylation sites is 4. The van der Waals surface area contributed by atoms with E-state index in [1.54, 1.807) is 16.7 Å². The number of benzene rings is 3. The fourth-order valence-electron chi connectivity index (χ4n) is 5.42. The molecule has 4 aromatic rings. The van der Waals surface area contributed by atoms with Gasteiger partial charge in [-0.05, 0) is 56.0 Å². The minimum Gasteiger partial charge on any atom is -0.405 e. The molecule has 3 aromatic carbocycles. The van der Waals surface area contributed by atoms with Crippen LogP contribution in [0.5, 0.6) is 5.75 Å². The highest BCUT2D eigenvalue weighted by Crippen LogP contribution is 2.33. The molecule has 5 nitrogen and oxygen atoms in total. The Balaban J connectivity index is 1.47. The number of ether oxygens (including phenoxy) is 1. The molecule has 8 heteroatoms. The largest absolute Gasteiger partial charge is 0.573 e. The molecule has 0 atom stereocenters. The van der Waals surface area contributed by atoms with E-state index in [-0.39, 0.29) is 24.0 Å². The molecule has 1 saturated heterocycles. The smallest absolute Gasteiger partial charge is 0.405 e. The molecule has 0 N–H and O–H groups in total. The van der Waals surface area contributed by atoms with Gasteiger partial charge in [0.1, 0.15) is 5.75 Å². The third-order valence-electron chi connectivity index (χ3n) is 6.98. The lowest BCUT2D eigenvalue weighted by Crippen LogP contribution is -2.38. The van der Waals surface area contributed by atoms with E-state index >= 15 is 0 Å². The number of fused-ring (bicyclic) bond motifs is 1. The van der Waals surface area contributed by atoms with E-state index in [1.165, 1.54) is 28.9 Å². The summed E-state index contributed by atoms with van der Waals surface area (Å²) in [5, 5.41) is 0. The van der Waals surface area contributed by atoms with Crippen molar-refractivity contribution in [1.29, 1.82) is 0 Å². The molecule has 1 aromatic heterocycles.